The van der Waals surface area contributed by atoms with Crippen LogP contribution in [-0.4, -0.2) is 87.0 Å². The summed E-state index contributed by atoms with van der Waals surface area (Å²) in [4.78, 5) is 25.1. The Balaban J connectivity index is 1.65. The van der Waals surface area contributed by atoms with E-state index in [0.29, 0.717) is 6.42 Å². The molecule has 0 amide bonds. The molecular formula is C27H48O10. The van der Waals surface area contributed by atoms with Crippen LogP contribution >= 0.6 is 0 Å². The van der Waals surface area contributed by atoms with Gasteiger partial charge >= 0.3 is 11.9 Å². The van der Waals surface area contributed by atoms with Crippen LogP contribution in [0, 0.1) is 11.8 Å². The number of esters is 2. The Labute approximate surface area is 220 Å². The molecule has 0 saturated carbocycles. The molecular weight excluding hydrogens is 484 g/mol. The average Bonchev–Trinajstić information content (AvgIpc) is 3.15. The largest absolute Gasteiger partial charge is 0.461 e. The van der Waals surface area contributed by atoms with Crippen LogP contribution in [0.4, 0.5) is 0 Å². The highest BCUT2D eigenvalue weighted by Gasteiger charge is 2.50. The van der Waals surface area contributed by atoms with E-state index in [1.807, 2.05) is 6.92 Å². The Kier molecular flexibility index (Phi) is 14.3. The van der Waals surface area contributed by atoms with Gasteiger partial charge in [-0.3, -0.25) is 9.59 Å². The fraction of sp³-hybridized carbons (Fsp3) is 0.926. The Morgan fingerprint density at radius 3 is 1.95 bits per heavy atom. The van der Waals surface area contributed by atoms with Crippen molar-refractivity contribution in [2.75, 3.05) is 6.61 Å². The van der Waals surface area contributed by atoms with E-state index >= 15 is 0 Å². The average molecular weight is 533 g/mol. The standard InChI is InChI=1S/C27H48O10/c1-17(29)14-12-10-8-6-4-3-5-7-9-11-13-15-19-21(18(2)25(33)35-19)26(34)37-27-24(32)23(31)22(30)20(16-28)36-27/h17-24,27-32H,3-16H2,1-2H3. The molecule has 0 aromatic carbocycles. The summed E-state index contributed by atoms with van der Waals surface area (Å²) in [6.45, 7) is 2.80. The lowest BCUT2D eigenvalue weighted by molar-refractivity contribution is -0.294. The summed E-state index contributed by atoms with van der Waals surface area (Å²) in [6, 6.07) is 0. The van der Waals surface area contributed by atoms with Gasteiger partial charge in [-0.2, -0.15) is 0 Å². The zero-order valence-electron chi connectivity index (χ0n) is 22.4. The van der Waals surface area contributed by atoms with Crippen molar-refractivity contribution < 1.29 is 49.3 Å². The summed E-state index contributed by atoms with van der Waals surface area (Å²) in [5, 5.41) is 48.5. The molecule has 9 unspecified atom stereocenters. The molecule has 2 aliphatic rings. The topological polar surface area (TPSA) is 163 Å². The number of rotatable bonds is 17. The van der Waals surface area contributed by atoms with Crippen LogP contribution in [0.1, 0.15) is 97.3 Å². The molecule has 0 radical (unpaired) electrons. The summed E-state index contributed by atoms with van der Waals surface area (Å²) in [5.41, 5.74) is 0. The van der Waals surface area contributed by atoms with Gasteiger partial charge in [-0.1, -0.05) is 71.1 Å². The van der Waals surface area contributed by atoms with E-state index in [2.05, 4.69) is 0 Å². The van der Waals surface area contributed by atoms with Crippen molar-refractivity contribution >= 4 is 11.9 Å². The zero-order chi connectivity index (χ0) is 27.4. The number of unbranched alkanes of at least 4 members (excludes halogenated alkanes) is 10. The first-order chi connectivity index (χ1) is 17.7. The maximum atomic E-state index is 12.9. The lowest BCUT2D eigenvalue weighted by Gasteiger charge is -2.39. The highest BCUT2D eigenvalue weighted by molar-refractivity contribution is 5.85. The number of aliphatic hydroxyl groups is 5. The summed E-state index contributed by atoms with van der Waals surface area (Å²) in [7, 11) is 0. The minimum absolute atomic E-state index is 0.194. The Morgan fingerprint density at radius 2 is 1.41 bits per heavy atom. The number of carbonyl (C=O) groups is 2. The van der Waals surface area contributed by atoms with Crippen LogP contribution in [0.5, 0.6) is 0 Å². The second kappa shape index (κ2) is 16.6. The summed E-state index contributed by atoms with van der Waals surface area (Å²) >= 11 is 0. The lowest BCUT2D eigenvalue weighted by Crippen LogP contribution is -2.59. The minimum atomic E-state index is -1.69. The minimum Gasteiger partial charge on any atom is -0.461 e. The van der Waals surface area contributed by atoms with Crippen molar-refractivity contribution in [1.82, 2.24) is 0 Å². The first-order valence-electron chi connectivity index (χ1n) is 14.1. The maximum Gasteiger partial charge on any atom is 0.315 e. The fourth-order valence-electron chi connectivity index (χ4n) is 5.13. The van der Waals surface area contributed by atoms with Crippen LogP contribution in [0.3, 0.4) is 0 Å². The highest BCUT2D eigenvalue weighted by Crippen LogP contribution is 2.34. The molecule has 5 N–H and O–H groups in total. The third-order valence-electron chi connectivity index (χ3n) is 7.54. The molecule has 0 aromatic heterocycles. The number of aliphatic hydroxyl groups excluding tert-OH is 5. The highest BCUT2D eigenvalue weighted by atomic mass is 16.7. The molecule has 2 heterocycles. The normalized spacial score (nSPS) is 32.8. The summed E-state index contributed by atoms with van der Waals surface area (Å²) < 4.78 is 16.0. The fourth-order valence-corrected chi connectivity index (χ4v) is 5.13. The van der Waals surface area contributed by atoms with Gasteiger partial charge in [0.05, 0.1) is 18.6 Å². The Bertz CT molecular complexity index is 670. The molecule has 2 aliphatic heterocycles. The van der Waals surface area contributed by atoms with Crippen molar-refractivity contribution in [3.63, 3.8) is 0 Å². The van der Waals surface area contributed by atoms with Gasteiger partial charge in [0.1, 0.15) is 36.4 Å². The van der Waals surface area contributed by atoms with Crippen LogP contribution in [0.25, 0.3) is 0 Å². The second-order valence-electron chi connectivity index (χ2n) is 10.7. The molecule has 9 atom stereocenters. The van der Waals surface area contributed by atoms with Crippen molar-refractivity contribution in [2.24, 2.45) is 11.8 Å². The molecule has 2 fully saturated rings. The van der Waals surface area contributed by atoms with E-state index in [1.54, 1.807) is 6.92 Å². The molecule has 0 aliphatic carbocycles. The second-order valence-corrected chi connectivity index (χ2v) is 10.7. The van der Waals surface area contributed by atoms with Gasteiger partial charge in [0.25, 0.3) is 0 Å². The molecule has 2 saturated heterocycles. The molecule has 37 heavy (non-hydrogen) atoms. The Hall–Kier alpha value is -1.30. The van der Waals surface area contributed by atoms with Gasteiger partial charge in [0.2, 0.25) is 6.29 Å². The van der Waals surface area contributed by atoms with Crippen LogP contribution < -0.4 is 0 Å². The lowest BCUT2D eigenvalue weighted by atomic mass is 9.89. The van der Waals surface area contributed by atoms with Gasteiger partial charge in [0, 0.05) is 0 Å². The van der Waals surface area contributed by atoms with E-state index in [9.17, 15) is 35.1 Å². The van der Waals surface area contributed by atoms with E-state index in [4.69, 9.17) is 14.2 Å². The van der Waals surface area contributed by atoms with Crippen molar-refractivity contribution in [1.29, 1.82) is 0 Å². The monoisotopic (exact) mass is 532 g/mol. The van der Waals surface area contributed by atoms with Gasteiger partial charge < -0.3 is 39.7 Å². The molecule has 216 valence electrons. The van der Waals surface area contributed by atoms with Gasteiger partial charge in [-0.25, -0.2) is 0 Å². The third kappa shape index (κ3) is 10.1. The van der Waals surface area contributed by atoms with Crippen molar-refractivity contribution in [3.8, 4) is 0 Å². The summed E-state index contributed by atoms with van der Waals surface area (Å²) in [5.74, 6) is -2.83. The van der Waals surface area contributed by atoms with E-state index in [1.165, 1.54) is 38.5 Å². The van der Waals surface area contributed by atoms with Gasteiger partial charge in [-0.15, -0.1) is 0 Å². The van der Waals surface area contributed by atoms with Crippen molar-refractivity contribution in [2.45, 2.75) is 140 Å². The Morgan fingerprint density at radius 1 is 0.865 bits per heavy atom. The predicted octanol–water partition coefficient (Wildman–Crippen LogP) is 1.96. The zero-order valence-corrected chi connectivity index (χ0v) is 22.4. The molecule has 0 aromatic rings. The number of hydrogen-bond acceptors (Lipinski definition) is 10. The smallest absolute Gasteiger partial charge is 0.315 e. The number of cyclic esters (lactones) is 1. The molecule has 2 rings (SSSR count). The van der Waals surface area contributed by atoms with E-state index < -0.39 is 67.2 Å². The maximum absolute atomic E-state index is 12.9. The van der Waals surface area contributed by atoms with Crippen molar-refractivity contribution in [3.05, 3.63) is 0 Å². The molecule has 0 bridgehead atoms. The molecule has 10 heteroatoms. The quantitative estimate of drug-likeness (QED) is 0.138. The third-order valence-corrected chi connectivity index (χ3v) is 7.54. The van der Waals surface area contributed by atoms with Gasteiger partial charge in [0.15, 0.2) is 0 Å². The first kappa shape index (κ1) is 31.9. The van der Waals surface area contributed by atoms with Crippen LogP contribution in [0.15, 0.2) is 0 Å². The molecule has 0 spiro atoms. The van der Waals surface area contributed by atoms with Crippen LogP contribution in [-0.2, 0) is 23.8 Å². The SMILES string of the molecule is CC(O)CCCCCCCCCCCCCC1OC(=O)C(C)C1C(=O)OC1OC(CO)C(O)C(O)C1O. The predicted molar refractivity (Wildman–Crippen MR) is 134 cm³/mol. The van der Waals surface area contributed by atoms with Crippen LogP contribution in [0.2, 0.25) is 0 Å². The van der Waals surface area contributed by atoms with E-state index in [0.717, 1.165) is 38.5 Å². The van der Waals surface area contributed by atoms with Gasteiger partial charge in [-0.05, 0) is 26.2 Å². The number of hydrogen-bond donors (Lipinski definition) is 5. The first-order valence-corrected chi connectivity index (χ1v) is 14.1. The molecule has 10 nitrogen and oxygen atoms in total. The number of carbonyl (C=O) groups excluding carboxylic acids is 2. The summed E-state index contributed by atoms with van der Waals surface area (Å²) in [6.07, 6.45) is 5.33. The number of ether oxygens (including phenoxy) is 3. The van der Waals surface area contributed by atoms with E-state index in [-0.39, 0.29) is 6.10 Å².